The molecule has 0 radical (unpaired) electrons. The molecule has 0 aliphatic carbocycles. The number of esters is 2. The normalized spacial score (nSPS) is 12.9. The summed E-state index contributed by atoms with van der Waals surface area (Å²) in [6.45, 7) is 6.80. The van der Waals surface area contributed by atoms with Crippen molar-refractivity contribution in [2.75, 3.05) is 13.7 Å². The fourth-order valence-corrected chi connectivity index (χ4v) is 3.05. The number of aryl methyl sites for hydroxylation is 2. The van der Waals surface area contributed by atoms with Crippen LogP contribution < -0.4 is 5.32 Å². The lowest BCUT2D eigenvalue weighted by Crippen LogP contribution is -2.47. The number of hydrogen-bond donors (Lipinski definition) is 1. The van der Waals surface area contributed by atoms with E-state index < -0.39 is 30.5 Å². The average molecular weight is 386 g/mol. The predicted octanol–water partition coefficient (Wildman–Crippen LogP) is 2.71. The summed E-state index contributed by atoms with van der Waals surface area (Å²) in [4.78, 5) is 41.1. The van der Waals surface area contributed by atoms with Gasteiger partial charge in [-0.25, -0.2) is 9.59 Å². The quantitative estimate of drug-likeness (QED) is 0.735. The second kappa shape index (κ2) is 9.30. The first-order chi connectivity index (χ1) is 13.3. The first kappa shape index (κ1) is 21.3. The summed E-state index contributed by atoms with van der Waals surface area (Å²) >= 11 is 0. The Morgan fingerprint density at radius 3 is 2.50 bits per heavy atom. The fourth-order valence-electron chi connectivity index (χ4n) is 3.05. The highest BCUT2D eigenvalue weighted by atomic mass is 16.5. The number of benzene rings is 1. The Morgan fingerprint density at radius 1 is 1.18 bits per heavy atom. The summed E-state index contributed by atoms with van der Waals surface area (Å²) in [5, 5.41) is 3.43. The molecule has 150 valence electrons. The van der Waals surface area contributed by atoms with Crippen molar-refractivity contribution in [2.45, 2.75) is 40.2 Å². The molecule has 1 amide bonds. The van der Waals surface area contributed by atoms with Crippen molar-refractivity contribution in [3.05, 3.63) is 41.1 Å². The molecule has 1 aromatic heterocycles. The number of nitrogens with zero attached hydrogens (tertiary/aromatic N) is 1. The lowest BCUT2D eigenvalue weighted by molar-refractivity contribution is -0.147. The Balaban J connectivity index is 2.10. The van der Waals surface area contributed by atoms with Crippen LogP contribution in [0.15, 0.2) is 24.3 Å². The number of carbonyl (C=O) groups excluding carboxylic acids is 3. The summed E-state index contributed by atoms with van der Waals surface area (Å²) in [6.07, 6.45) is 0.682. The third-order valence-corrected chi connectivity index (χ3v) is 4.86. The van der Waals surface area contributed by atoms with E-state index in [0.29, 0.717) is 17.7 Å². The van der Waals surface area contributed by atoms with Gasteiger partial charge in [0, 0.05) is 5.39 Å². The number of methoxy groups -OCH3 is 1. The smallest absolute Gasteiger partial charge is 0.340 e. The molecule has 7 heteroatoms. The number of aromatic nitrogens is 1. The number of amides is 1. The molecule has 2 rings (SSSR count). The van der Waals surface area contributed by atoms with Crippen molar-refractivity contribution in [1.82, 2.24) is 10.3 Å². The molecule has 2 aromatic rings. The minimum Gasteiger partial charge on any atom is -0.467 e. The van der Waals surface area contributed by atoms with E-state index in [2.05, 4.69) is 10.3 Å². The van der Waals surface area contributed by atoms with Crippen LogP contribution in [0.5, 0.6) is 0 Å². The van der Waals surface area contributed by atoms with E-state index in [0.717, 1.165) is 16.5 Å². The zero-order valence-corrected chi connectivity index (χ0v) is 16.9. The van der Waals surface area contributed by atoms with Crippen LogP contribution in [0.4, 0.5) is 0 Å². The molecule has 0 aliphatic rings. The highest BCUT2D eigenvalue weighted by Crippen LogP contribution is 2.23. The molecule has 7 nitrogen and oxygen atoms in total. The second-order valence-corrected chi connectivity index (χ2v) is 6.74. The largest absolute Gasteiger partial charge is 0.467 e. The highest BCUT2D eigenvalue weighted by Gasteiger charge is 2.27. The molecule has 1 aromatic carbocycles. The zero-order valence-electron chi connectivity index (χ0n) is 16.9. The van der Waals surface area contributed by atoms with Gasteiger partial charge in [0.2, 0.25) is 0 Å². The standard InChI is InChI=1S/C21H26N2O5/c1-6-12(2)19(21(26)27-5)23-17(24)11-28-20(25)18-13(3)15-9-7-8-10-16(15)22-14(18)4/h7-10,12,19H,6,11H2,1-5H3,(H,23,24)/t12-,19-/m0/s1. The van der Waals surface area contributed by atoms with Crippen molar-refractivity contribution in [1.29, 1.82) is 0 Å². The van der Waals surface area contributed by atoms with Gasteiger partial charge in [0.25, 0.3) is 5.91 Å². The van der Waals surface area contributed by atoms with Crippen LogP contribution in [0.3, 0.4) is 0 Å². The van der Waals surface area contributed by atoms with Crippen LogP contribution in [-0.4, -0.2) is 42.6 Å². The Bertz CT molecular complexity index is 894. The van der Waals surface area contributed by atoms with E-state index in [4.69, 9.17) is 9.47 Å². The van der Waals surface area contributed by atoms with Crippen LogP contribution in [0.25, 0.3) is 10.9 Å². The summed E-state index contributed by atoms with van der Waals surface area (Å²) in [7, 11) is 1.27. The van der Waals surface area contributed by atoms with Gasteiger partial charge >= 0.3 is 11.9 Å². The number of carbonyl (C=O) groups is 3. The number of nitrogens with one attached hydrogen (secondary N) is 1. The number of para-hydroxylation sites is 1. The average Bonchev–Trinajstić information content (AvgIpc) is 2.69. The zero-order chi connectivity index (χ0) is 20.8. The highest BCUT2D eigenvalue weighted by molar-refractivity contribution is 5.99. The van der Waals surface area contributed by atoms with E-state index in [1.165, 1.54) is 7.11 Å². The van der Waals surface area contributed by atoms with E-state index in [-0.39, 0.29) is 5.92 Å². The van der Waals surface area contributed by atoms with Crippen LogP contribution >= 0.6 is 0 Å². The molecule has 0 bridgehead atoms. The molecule has 28 heavy (non-hydrogen) atoms. The predicted molar refractivity (Wildman–Crippen MR) is 105 cm³/mol. The van der Waals surface area contributed by atoms with Crippen molar-refractivity contribution in [3.63, 3.8) is 0 Å². The Hall–Kier alpha value is -2.96. The first-order valence-corrected chi connectivity index (χ1v) is 9.20. The van der Waals surface area contributed by atoms with Gasteiger partial charge in [-0.3, -0.25) is 9.78 Å². The molecule has 0 saturated heterocycles. The van der Waals surface area contributed by atoms with Gasteiger partial charge < -0.3 is 14.8 Å². The maximum Gasteiger partial charge on any atom is 0.340 e. The number of hydrogen-bond acceptors (Lipinski definition) is 6. The van der Waals surface area contributed by atoms with Gasteiger partial charge in [-0.2, -0.15) is 0 Å². The second-order valence-electron chi connectivity index (χ2n) is 6.74. The van der Waals surface area contributed by atoms with Gasteiger partial charge in [0.1, 0.15) is 6.04 Å². The van der Waals surface area contributed by atoms with Gasteiger partial charge in [0.05, 0.1) is 23.9 Å². The maximum atomic E-state index is 12.6. The molecule has 0 saturated carbocycles. The number of fused-ring (bicyclic) bond motifs is 1. The molecule has 0 fully saturated rings. The molecule has 1 heterocycles. The first-order valence-electron chi connectivity index (χ1n) is 9.20. The molecule has 0 spiro atoms. The fraction of sp³-hybridized carbons (Fsp3) is 0.429. The summed E-state index contributed by atoms with van der Waals surface area (Å²) < 4.78 is 9.92. The lowest BCUT2D eigenvalue weighted by atomic mass is 9.99. The van der Waals surface area contributed by atoms with E-state index in [1.807, 2.05) is 45.0 Å². The third-order valence-electron chi connectivity index (χ3n) is 4.86. The van der Waals surface area contributed by atoms with Gasteiger partial charge in [-0.05, 0) is 31.4 Å². The van der Waals surface area contributed by atoms with Crippen LogP contribution in [0.2, 0.25) is 0 Å². The van der Waals surface area contributed by atoms with E-state index >= 15 is 0 Å². The Labute approximate surface area is 164 Å². The SMILES string of the molecule is CC[C@H](C)[C@H](NC(=O)COC(=O)c1c(C)nc2ccccc2c1C)C(=O)OC. The van der Waals surface area contributed by atoms with Crippen LogP contribution in [0.1, 0.15) is 41.9 Å². The number of rotatable bonds is 7. The Morgan fingerprint density at radius 2 is 1.86 bits per heavy atom. The molecule has 1 N–H and O–H groups in total. The van der Waals surface area contributed by atoms with Gasteiger partial charge in [-0.15, -0.1) is 0 Å². The van der Waals surface area contributed by atoms with Gasteiger partial charge in [0.15, 0.2) is 6.61 Å². The minimum absolute atomic E-state index is 0.110. The van der Waals surface area contributed by atoms with Crippen LogP contribution in [-0.2, 0) is 19.1 Å². The van der Waals surface area contributed by atoms with Crippen molar-refractivity contribution in [2.24, 2.45) is 5.92 Å². The molecule has 2 atom stereocenters. The van der Waals surface area contributed by atoms with E-state index in [1.54, 1.807) is 6.92 Å². The lowest BCUT2D eigenvalue weighted by Gasteiger charge is -2.21. The van der Waals surface area contributed by atoms with Crippen molar-refractivity contribution >= 4 is 28.7 Å². The summed E-state index contributed by atoms with van der Waals surface area (Å²) in [6, 6.07) is 6.72. The molecule has 0 unspecified atom stereocenters. The van der Waals surface area contributed by atoms with Crippen molar-refractivity contribution in [3.8, 4) is 0 Å². The minimum atomic E-state index is -0.785. The number of ether oxygens (including phenoxy) is 2. The third kappa shape index (κ3) is 4.65. The number of pyridine rings is 1. The van der Waals surface area contributed by atoms with Gasteiger partial charge in [-0.1, -0.05) is 38.5 Å². The van der Waals surface area contributed by atoms with Crippen LogP contribution in [0, 0.1) is 19.8 Å². The molecular formula is C21H26N2O5. The van der Waals surface area contributed by atoms with Crippen molar-refractivity contribution < 1.29 is 23.9 Å². The topological polar surface area (TPSA) is 94.6 Å². The molecular weight excluding hydrogens is 360 g/mol. The molecule has 0 aliphatic heterocycles. The maximum absolute atomic E-state index is 12.6. The summed E-state index contributed by atoms with van der Waals surface area (Å²) in [5.41, 5.74) is 2.42. The Kier molecular flexibility index (Phi) is 7.09. The summed E-state index contributed by atoms with van der Waals surface area (Å²) in [5.74, 6) is -1.82. The monoisotopic (exact) mass is 386 g/mol. The van der Waals surface area contributed by atoms with E-state index in [9.17, 15) is 14.4 Å².